The molecule has 0 aromatic carbocycles. The van der Waals surface area contributed by atoms with E-state index in [2.05, 4.69) is 5.32 Å². The van der Waals surface area contributed by atoms with E-state index in [0.717, 1.165) is 0 Å². The highest BCUT2D eigenvalue weighted by Gasteiger charge is 2.25. The number of alkyl halides is 2. The molecule has 0 aliphatic rings. The molecule has 0 radical (unpaired) electrons. The van der Waals surface area contributed by atoms with Gasteiger partial charge in [0.1, 0.15) is 6.04 Å². The minimum absolute atomic E-state index is 0. The van der Waals surface area contributed by atoms with Crippen LogP contribution in [0.4, 0.5) is 0 Å². The Morgan fingerprint density at radius 3 is 1.93 bits per heavy atom. The summed E-state index contributed by atoms with van der Waals surface area (Å²) in [7, 11) is 0. The molecule has 14 heavy (non-hydrogen) atoms. The van der Waals surface area contributed by atoms with Gasteiger partial charge in [0.25, 0.3) is 5.91 Å². The maximum absolute atomic E-state index is 10.9. The van der Waals surface area contributed by atoms with Crippen LogP contribution in [-0.2, 0) is 9.59 Å². The lowest BCUT2D eigenvalue weighted by Crippen LogP contribution is -2.46. The standard InChI is InChI=1S/C7H11Cl2NO3.H2O/c1-3(2)4(7(12)13)10-6(11)5(8)9;/h3-5H,1-2H3,(H,10,11)(H,12,13);1H2/t4-;/m0./s1. The lowest BCUT2D eigenvalue weighted by molar-refractivity contribution is -0.142. The first-order chi connectivity index (χ1) is 5.86. The molecule has 4 N–H and O–H groups in total. The molecule has 0 aromatic rings. The van der Waals surface area contributed by atoms with Gasteiger partial charge in [-0.2, -0.15) is 0 Å². The minimum Gasteiger partial charge on any atom is -0.480 e. The van der Waals surface area contributed by atoms with Gasteiger partial charge in [-0.1, -0.05) is 37.0 Å². The van der Waals surface area contributed by atoms with E-state index in [1.165, 1.54) is 0 Å². The molecule has 0 bridgehead atoms. The van der Waals surface area contributed by atoms with Crippen molar-refractivity contribution in [3.05, 3.63) is 0 Å². The molecule has 5 nitrogen and oxygen atoms in total. The Kier molecular flexibility index (Phi) is 7.81. The third-order valence-electron chi connectivity index (χ3n) is 1.43. The molecule has 0 unspecified atom stereocenters. The summed E-state index contributed by atoms with van der Waals surface area (Å²) in [5, 5.41) is 10.9. The van der Waals surface area contributed by atoms with Crippen LogP contribution in [0, 0.1) is 5.92 Å². The van der Waals surface area contributed by atoms with Crippen molar-refractivity contribution in [2.24, 2.45) is 5.92 Å². The molecule has 0 heterocycles. The Balaban J connectivity index is 0. The van der Waals surface area contributed by atoms with Gasteiger partial charge in [-0.05, 0) is 5.92 Å². The van der Waals surface area contributed by atoms with Crippen LogP contribution in [0.5, 0.6) is 0 Å². The van der Waals surface area contributed by atoms with Crippen molar-refractivity contribution in [1.82, 2.24) is 5.32 Å². The molecule has 0 fully saturated rings. The van der Waals surface area contributed by atoms with E-state index in [1.54, 1.807) is 13.8 Å². The van der Waals surface area contributed by atoms with Crippen LogP contribution < -0.4 is 5.32 Å². The molecule has 0 aliphatic carbocycles. The summed E-state index contributed by atoms with van der Waals surface area (Å²) < 4.78 is 0. The fraction of sp³-hybridized carbons (Fsp3) is 0.714. The average Bonchev–Trinajstić information content (AvgIpc) is 1.97. The predicted molar refractivity (Wildman–Crippen MR) is 53.5 cm³/mol. The number of carboxylic acids is 1. The van der Waals surface area contributed by atoms with Crippen molar-refractivity contribution in [2.75, 3.05) is 0 Å². The Morgan fingerprint density at radius 2 is 1.71 bits per heavy atom. The van der Waals surface area contributed by atoms with Crippen LogP contribution >= 0.6 is 23.2 Å². The summed E-state index contributed by atoms with van der Waals surface area (Å²) in [5.74, 6) is -2.00. The first-order valence-corrected chi connectivity index (χ1v) is 4.55. The predicted octanol–water partition coefficient (Wildman–Crippen LogP) is 0.191. The number of hydrogen-bond acceptors (Lipinski definition) is 2. The number of carboxylic acid groups (broad SMARTS) is 1. The number of halogens is 2. The first-order valence-electron chi connectivity index (χ1n) is 3.67. The molecule has 0 rings (SSSR count). The van der Waals surface area contributed by atoms with Crippen LogP contribution in [0.15, 0.2) is 0 Å². The van der Waals surface area contributed by atoms with Crippen molar-refractivity contribution in [1.29, 1.82) is 0 Å². The highest BCUT2D eigenvalue weighted by Crippen LogP contribution is 2.06. The maximum Gasteiger partial charge on any atom is 0.326 e. The quantitative estimate of drug-likeness (QED) is 0.692. The largest absolute Gasteiger partial charge is 0.480 e. The van der Waals surface area contributed by atoms with E-state index in [4.69, 9.17) is 28.3 Å². The topological polar surface area (TPSA) is 97.9 Å². The smallest absolute Gasteiger partial charge is 0.326 e. The summed E-state index contributed by atoms with van der Waals surface area (Å²) in [6.07, 6.45) is 0. The zero-order valence-corrected chi connectivity index (χ0v) is 9.26. The second-order valence-corrected chi connectivity index (χ2v) is 3.97. The molecule has 0 aromatic heterocycles. The van der Waals surface area contributed by atoms with E-state index in [1.807, 2.05) is 0 Å². The zero-order valence-electron chi connectivity index (χ0n) is 7.75. The van der Waals surface area contributed by atoms with Gasteiger partial charge in [0.15, 0.2) is 4.84 Å². The Labute approximate surface area is 91.7 Å². The molecule has 1 amide bonds. The van der Waals surface area contributed by atoms with E-state index < -0.39 is 22.8 Å². The SMILES string of the molecule is CC(C)[C@H](NC(=O)C(Cl)Cl)C(=O)O.O. The highest BCUT2D eigenvalue weighted by atomic mass is 35.5. The number of carbonyl (C=O) groups excluding carboxylic acids is 1. The number of amides is 1. The molecule has 0 saturated carbocycles. The lowest BCUT2D eigenvalue weighted by atomic mass is 10.1. The van der Waals surface area contributed by atoms with Gasteiger partial charge in [-0.15, -0.1) is 0 Å². The van der Waals surface area contributed by atoms with Gasteiger partial charge in [0.05, 0.1) is 0 Å². The third-order valence-corrected chi connectivity index (χ3v) is 1.83. The number of carbonyl (C=O) groups is 2. The molecule has 1 atom stereocenters. The van der Waals surface area contributed by atoms with Crippen molar-refractivity contribution in [2.45, 2.75) is 24.7 Å². The van der Waals surface area contributed by atoms with Crippen LogP contribution in [0.1, 0.15) is 13.8 Å². The first kappa shape index (κ1) is 15.9. The number of rotatable bonds is 4. The molecule has 7 heteroatoms. The average molecular weight is 246 g/mol. The van der Waals surface area contributed by atoms with E-state index >= 15 is 0 Å². The molecule has 0 saturated heterocycles. The minimum atomic E-state index is -1.24. The van der Waals surface area contributed by atoms with Gasteiger partial charge in [-0.3, -0.25) is 4.79 Å². The van der Waals surface area contributed by atoms with Gasteiger partial charge in [0.2, 0.25) is 0 Å². The van der Waals surface area contributed by atoms with Crippen LogP contribution in [0.3, 0.4) is 0 Å². The molecule has 0 aliphatic heterocycles. The lowest BCUT2D eigenvalue weighted by Gasteiger charge is -2.17. The van der Waals surface area contributed by atoms with Crippen molar-refractivity contribution < 1.29 is 20.2 Å². The second kappa shape index (κ2) is 6.86. The summed E-state index contributed by atoms with van der Waals surface area (Å²) in [6.45, 7) is 3.35. The zero-order chi connectivity index (χ0) is 10.6. The van der Waals surface area contributed by atoms with Crippen molar-refractivity contribution in [3.8, 4) is 0 Å². The van der Waals surface area contributed by atoms with E-state index in [-0.39, 0.29) is 11.4 Å². The molecular weight excluding hydrogens is 233 g/mol. The van der Waals surface area contributed by atoms with Crippen LogP contribution in [0.2, 0.25) is 0 Å². The summed E-state index contributed by atoms with van der Waals surface area (Å²) >= 11 is 10.5. The Hall–Kier alpha value is -0.520. The van der Waals surface area contributed by atoms with Gasteiger partial charge in [0, 0.05) is 0 Å². The monoisotopic (exact) mass is 245 g/mol. The third kappa shape index (κ3) is 5.26. The van der Waals surface area contributed by atoms with Crippen molar-refractivity contribution in [3.63, 3.8) is 0 Å². The molecular formula is C7H13Cl2NO4. The van der Waals surface area contributed by atoms with E-state index in [9.17, 15) is 9.59 Å². The fourth-order valence-electron chi connectivity index (χ4n) is 0.730. The fourth-order valence-corrected chi connectivity index (χ4v) is 0.856. The Morgan fingerprint density at radius 1 is 1.29 bits per heavy atom. The number of hydrogen-bond donors (Lipinski definition) is 2. The van der Waals surface area contributed by atoms with Gasteiger partial charge < -0.3 is 15.9 Å². The van der Waals surface area contributed by atoms with Gasteiger partial charge in [-0.25, -0.2) is 4.79 Å². The van der Waals surface area contributed by atoms with Crippen molar-refractivity contribution >= 4 is 35.1 Å². The normalized spacial score (nSPS) is 12.1. The van der Waals surface area contributed by atoms with Crippen LogP contribution in [0.25, 0.3) is 0 Å². The van der Waals surface area contributed by atoms with E-state index in [0.29, 0.717) is 0 Å². The summed E-state index contributed by atoms with van der Waals surface area (Å²) in [6, 6.07) is -0.951. The second-order valence-electron chi connectivity index (χ2n) is 2.87. The highest BCUT2D eigenvalue weighted by molar-refractivity contribution is 6.53. The number of aliphatic carboxylic acids is 1. The molecule has 0 spiro atoms. The van der Waals surface area contributed by atoms with Gasteiger partial charge >= 0.3 is 5.97 Å². The number of nitrogens with one attached hydrogen (secondary N) is 1. The Bertz CT molecular complexity index is 208. The maximum atomic E-state index is 10.9. The molecule has 84 valence electrons. The van der Waals surface area contributed by atoms with Crippen LogP contribution in [-0.4, -0.2) is 33.3 Å². The summed E-state index contributed by atoms with van der Waals surface area (Å²) in [5.41, 5.74) is 0. The summed E-state index contributed by atoms with van der Waals surface area (Å²) in [4.78, 5) is 20.3.